The molecule has 0 radical (unpaired) electrons. The highest BCUT2D eigenvalue weighted by molar-refractivity contribution is 7.15. The minimum Gasteiger partial charge on any atom is -0.312 e. The maximum Gasteiger partial charge on any atom is 0.272 e. The first kappa shape index (κ1) is 21.6. The van der Waals surface area contributed by atoms with Crippen molar-refractivity contribution in [3.8, 4) is 0 Å². The van der Waals surface area contributed by atoms with Crippen LogP contribution in [0.4, 0.5) is 16.5 Å². The van der Waals surface area contributed by atoms with Gasteiger partial charge in [-0.3, -0.25) is 25.0 Å². The molecule has 1 aliphatic heterocycles. The van der Waals surface area contributed by atoms with Crippen molar-refractivity contribution in [2.45, 2.75) is 32.6 Å². The fourth-order valence-corrected chi connectivity index (χ4v) is 4.48. The number of amides is 2. The van der Waals surface area contributed by atoms with Gasteiger partial charge in [0.25, 0.3) is 11.6 Å². The number of nitro groups is 1. The first-order valence-corrected chi connectivity index (χ1v) is 11.0. The van der Waals surface area contributed by atoms with Gasteiger partial charge in [0, 0.05) is 41.8 Å². The molecule has 1 aliphatic rings. The Labute approximate surface area is 188 Å². The van der Waals surface area contributed by atoms with Gasteiger partial charge >= 0.3 is 0 Å². The Hall–Kier alpha value is -3.66. The van der Waals surface area contributed by atoms with Gasteiger partial charge in [-0.25, -0.2) is 0 Å². The molecule has 0 bridgehead atoms. The lowest BCUT2D eigenvalue weighted by Crippen LogP contribution is -2.24. The van der Waals surface area contributed by atoms with Crippen LogP contribution < -0.4 is 10.2 Å². The van der Waals surface area contributed by atoms with Crippen LogP contribution in [0, 0.1) is 17.0 Å². The van der Waals surface area contributed by atoms with Gasteiger partial charge in [0.05, 0.1) is 4.92 Å². The van der Waals surface area contributed by atoms with Gasteiger partial charge in [0.2, 0.25) is 11.0 Å². The molecule has 0 aliphatic carbocycles. The molecule has 9 nitrogen and oxygen atoms in total. The molecule has 1 saturated heterocycles. The van der Waals surface area contributed by atoms with Crippen molar-refractivity contribution in [3.63, 3.8) is 0 Å². The molecule has 1 aromatic heterocycles. The van der Waals surface area contributed by atoms with Crippen molar-refractivity contribution in [1.29, 1.82) is 0 Å². The summed E-state index contributed by atoms with van der Waals surface area (Å²) in [5, 5.41) is 22.8. The SMILES string of the molecule is CCc1ccc(N2CC(c3nnc(NC(=O)c4ccc([N+](=O)[O-])c(C)c4)s3)CC2=O)cc1. The van der Waals surface area contributed by atoms with Crippen molar-refractivity contribution in [3.05, 3.63) is 74.3 Å². The number of hydrogen-bond acceptors (Lipinski definition) is 7. The zero-order valence-electron chi connectivity index (χ0n) is 17.6. The normalized spacial score (nSPS) is 15.8. The van der Waals surface area contributed by atoms with E-state index in [9.17, 15) is 19.7 Å². The van der Waals surface area contributed by atoms with Crippen molar-refractivity contribution in [1.82, 2.24) is 10.2 Å². The average molecular weight is 452 g/mol. The fourth-order valence-electron chi connectivity index (χ4n) is 3.66. The molecule has 4 rings (SSSR count). The summed E-state index contributed by atoms with van der Waals surface area (Å²) in [5.74, 6) is -0.495. The standard InChI is InChI=1S/C22H21N5O4S/c1-3-14-4-7-17(8-5-14)26-12-16(11-19(26)28)21-24-25-22(32-21)23-20(29)15-6-9-18(27(30)31)13(2)10-15/h4-10,16H,3,11-12H2,1-2H3,(H,23,25,29). The lowest BCUT2D eigenvalue weighted by Gasteiger charge is -2.16. The number of aryl methyl sites for hydroxylation is 2. The Morgan fingerprint density at radius 2 is 2.00 bits per heavy atom. The van der Waals surface area contributed by atoms with Crippen LogP contribution in [0.2, 0.25) is 0 Å². The number of aromatic nitrogens is 2. The second kappa shape index (κ2) is 8.83. The van der Waals surface area contributed by atoms with Gasteiger partial charge in [0.15, 0.2) is 0 Å². The Bertz CT molecular complexity index is 1190. The molecule has 10 heteroatoms. The number of hydrogen-bond donors (Lipinski definition) is 1. The molecule has 1 N–H and O–H groups in total. The molecule has 2 aromatic carbocycles. The first-order chi connectivity index (χ1) is 15.4. The monoisotopic (exact) mass is 451 g/mol. The Morgan fingerprint density at radius 1 is 1.25 bits per heavy atom. The van der Waals surface area contributed by atoms with E-state index in [4.69, 9.17) is 0 Å². The Morgan fingerprint density at radius 3 is 2.66 bits per heavy atom. The van der Waals surface area contributed by atoms with Gasteiger partial charge in [-0.15, -0.1) is 10.2 Å². The summed E-state index contributed by atoms with van der Waals surface area (Å²) in [6.45, 7) is 4.17. The van der Waals surface area contributed by atoms with E-state index >= 15 is 0 Å². The van der Waals surface area contributed by atoms with E-state index in [1.54, 1.807) is 11.8 Å². The number of benzene rings is 2. The summed E-state index contributed by atoms with van der Waals surface area (Å²) in [4.78, 5) is 37.3. The van der Waals surface area contributed by atoms with Crippen LogP contribution in [0.15, 0.2) is 42.5 Å². The number of carbonyl (C=O) groups excluding carboxylic acids is 2. The number of rotatable bonds is 6. The van der Waals surface area contributed by atoms with Crippen LogP contribution in [-0.2, 0) is 11.2 Å². The maximum atomic E-state index is 12.6. The zero-order valence-corrected chi connectivity index (χ0v) is 18.4. The molecule has 32 heavy (non-hydrogen) atoms. The summed E-state index contributed by atoms with van der Waals surface area (Å²) in [7, 11) is 0. The van der Waals surface area contributed by atoms with E-state index in [0.29, 0.717) is 34.2 Å². The number of anilines is 2. The molecule has 2 heterocycles. The van der Waals surface area contributed by atoms with Crippen LogP contribution >= 0.6 is 11.3 Å². The lowest BCUT2D eigenvalue weighted by molar-refractivity contribution is -0.385. The number of nitrogens with zero attached hydrogens (tertiary/aromatic N) is 4. The minimum absolute atomic E-state index is 0.0291. The van der Waals surface area contributed by atoms with E-state index in [2.05, 4.69) is 22.4 Å². The van der Waals surface area contributed by atoms with Crippen LogP contribution in [0.5, 0.6) is 0 Å². The molecule has 1 fully saturated rings. The largest absolute Gasteiger partial charge is 0.312 e. The molecule has 0 saturated carbocycles. The Kier molecular flexibility index (Phi) is 5.95. The summed E-state index contributed by atoms with van der Waals surface area (Å²) in [6.07, 6.45) is 1.27. The van der Waals surface area contributed by atoms with E-state index in [1.807, 2.05) is 24.3 Å². The molecule has 1 unspecified atom stereocenters. The van der Waals surface area contributed by atoms with Crippen LogP contribution in [0.1, 0.15) is 45.8 Å². The van der Waals surface area contributed by atoms with Crippen molar-refractivity contribution >= 4 is 39.7 Å². The zero-order chi connectivity index (χ0) is 22.8. The van der Waals surface area contributed by atoms with Gasteiger partial charge < -0.3 is 4.90 Å². The molecule has 164 valence electrons. The van der Waals surface area contributed by atoms with E-state index in [-0.39, 0.29) is 17.5 Å². The number of nitrogens with one attached hydrogen (secondary N) is 1. The smallest absolute Gasteiger partial charge is 0.272 e. The number of carbonyl (C=O) groups is 2. The van der Waals surface area contributed by atoms with Gasteiger partial charge in [-0.05, 0) is 43.2 Å². The maximum absolute atomic E-state index is 12.6. The first-order valence-electron chi connectivity index (χ1n) is 10.1. The predicted octanol–water partition coefficient (Wildman–Crippen LogP) is 4.09. The van der Waals surface area contributed by atoms with Crippen LogP contribution in [0.25, 0.3) is 0 Å². The third-order valence-electron chi connectivity index (χ3n) is 5.45. The molecular formula is C22H21N5O4S. The van der Waals surface area contributed by atoms with E-state index in [0.717, 1.165) is 12.1 Å². The highest BCUT2D eigenvalue weighted by Crippen LogP contribution is 2.34. The highest BCUT2D eigenvalue weighted by atomic mass is 32.1. The average Bonchev–Trinajstić information content (AvgIpc) is 3.40. The minimum atomic E-state index is -0.488. The lowest BCUT2D eigenvalue weighted by atomic mass is 10.1. The highest BCUT2D eigenvalue weighted by Gasteiger charge is 2.34. The summed E-state index contributed by atoms with van der Waals surface area (Å²) < 4.78 is 0. The second-order valence-corrected chi connectivity index (χ2v) is 8.59. The van der Waals surface area contributed by atoms with Crippen LogP contribution in [0.3, 0.4) is 0 Å². The summed E-state index contributed by atoms with van der Waals surface area (Å²) in [5.41, 5.74) is 2.73. The topological polar surface area (TPSA) is 118 Å². The third kappa shape index (κ3) is 4.35. The Balaban J connectivity index is 1.43. The quantitative estimate of drug-likeness (QED) is 0.445. The molecule has 3 aromatic rings. The van der Waals surface area contributed by atoms with Gasteiger partial charge in [0.1, 0.15) is 5.01 Å². The molecule has 0 spiro atoms. The van der Waals surface area contributed by atoms with Crippen LogP contribution in [-0.4, -0.2) is 33.5 Å². The number of nitro benzene ring substituents is 1. The van der Waals surface area contributed by atoms with Crippen molar-refractivity contribution in [2.75, 3.05) is 16.8 Å². The predicted molar refractivity (Wildman–Crippen MR) is 121 cm³/mol. The van der Waals surface area contributed by atoms with E-state index in [1.165, 1.54) is 35.1 Å². The molecular weight excluding hydrogens is 430 g/mol. The fraction of sp³-hybridized carbons (Fsp3) is 0.273. The second-order valence-electron chi connectivity index (χ2n) is 7.58. The van der Waals surface area contributed by atoms with Gasteiger partial charge in [-0.1, -0.05) is 30.4 Å². The van der Waals surface area contributed by atoms with Crippen molar-refractivity contribution in [2.24, 2.45) is 0 Å². The molecule has 2 amide bonds. The summed E-state index contributed by atoms with van der Waals surface area (Å²) in [6, 6.07) is 12.1. The summed E-state index contributed by atoms with van der Waals surface area (Å²) >= 11 is 1.23. The third-order valence-corrected chi connectivity index (χ3v) is 6.45. The van der Waals surface area contributed by atoms with Gasteiger partial charge in [-0.2, -0.15) is 0 Å². The molecule has 1 atom stereocenters. The van der Waals surface area contributed by atoms with E-state index < -0.39 is 10.8 Å². The van der Waals surface area contributed by atoms with Crippen molar-refractivity contribution < 1.29 is 14.5 Å².